The van der Waals surface area contributed by atoms with Gasteiger partial charge in [0, 0.05) is 0 Å². The fourth-order valence-corrected chi connectivity index (χ4v) is 1.03. The monoisotopic (exact) mass is 174 g/mol. The molecule has 4 nitrogen and oxygen atoms in total. The van der Waals surface area contributed by atoms with Gasteiger partial charge in [0.05, 0.1) is 12.7 Å². The fraction of sp³-hybridized carbons (Fsp3) is 0.667. The zero-order valence-corrected chi connectivity index (χ0v) is 6.54. The largest absolute Gasteiger partial charge is 0.358 e. The fourth-order valence-electron chi connectivity index (χ4n) is 0.872. The summed E-state index contributed by atoms with van der Waals surface area (Å²) in [7, 11) is 0. The van der Waals surface area contributed by atoms with Crippen LogP contribution in [0, 0.1) is 11.3 Å². The van der Waals surface area contributed by atoms with Gasteiger partial charge in [0.1, 0.15) is 18.7 Å². The van der Waals surface area contributed by atoms with E-state index in [1.807, 2.05) is 6.07 Å². The Morgan fingerprint density at radius 3 is 3.18 bits per heavy atom. The van der Waals surface area contributed by atoms with E-state index in [1.54, 1.807) is 0 Å². The minimum absolute atomic E-state index is 0.0957. The molecule has 1 saturated heterocycles. The molecule has 1 aliphatic heterocycles. The predicted octanol–water partition coefficient (Wildman–Crippen LogP) is -0.0663. The lowest BCUT2D eigenvalue weighted by atomic mass is 10.3. The highest BCUT2D eigenvalue weighted by molar-refractivity contribution is 6.27. The molecule has 0 N–H and O–H groups in total. The van der Waals surface area contributed by atoms with Crippen LogP contribution in [0.2, 0.25) is 0 Å². The first-order chi connectivity index (χ1) is 5.29. The van der Waals surface area contributed by atoms with E-state index in [-0.39, 0.29) is 18.5 Å². The van der Waals surface area contributed by atoms with Crippen molar-refractivity contribution in [2.24, 2.45) is 0 Å². The molecule has 11 heavy (non-hydrogen) atoms. The molecule has 1 unspecified atom stereocenters. The van der Waals surface area contributed by atoms with Gasteiger partial charge in [-0.2, -0.15) is 5.26 Å². The zero-order chi connectivity index (χ0) is 8.27. The third-order valence-electron chi connectivity index (χ3n) is 1.47. The van der Waals surface area contributed by atoms with Crippen LogP contribution in [0.5, 0.6) is 0 Å². The molecule has 0 bridgehead atoms. The number of nitriles is 1. The normalized spacial score (nSPS) is 23.3. The number of hydrogen-bond acceptors (Lipinski definition) is 3. The van der Waals surface area contributed by atoms with Crippen molar-refractivity contribution in [2.75, 3.05) is 19.2 Å². The van der Waals surface area contributed by atoms with Crippen LogP contribution < -0.4 is 0 Å². The highest BCUT2D eigenvalue weighted by Gasteiger charge is 2.28. The lowest BCUT2D eigenvalue weighted by Gasteiger charge is -2.14. The Labute approximate surface area is 69.3 Å². The second kappa shape index (κ2) is 3.56. The molecule has 0 saturated carbocycles. The summed E-state index contributed by atoms with van der Waals surface area (Å²) in [5.41, 5.74) is 0. The number of rotatable bonds is 1. The predicted molar refractivity (Wildman–Crippen MR) is 37.8 cm³/mol. The highest BCUT2D eigenvalue weighted by atomic mass is 35.5. The van der Waals surface area contributed by atoms with E-state index >= 15 is 0 Å². The SMILES string of the molecule is N#CC1COCN1C(=O)CCl. The van der Waals surface area contributed by atoms with Crippen molar-refractivity contribution in [3.8, 4) is 6.07 Å². The Morgan fingerprint density at radius 2 is 2.64 bits per heavy atom. The molecule has 0 aromatic heterocycles. The third-order valence-corrected chi connectivity index (χ3v) is 1.69. The number of alkyl halides is 1. The van der Waals surface area contributed by atoms with Crippen molar-refractivity contribution in [1.29, 1.82) is 5.26 Å². The summed E-state index contributed by atoms with van der Waals surface area (Å²) < 4.78 is 4.91. The smallest absolute Gasteiger partial charge is 0.240 e. The lowest BCUT2D eigenvalue weighted by Crippen LogP contribution is -2.36. The van der Waals surface area contributed by atoms with Crippen LogP contribution in [0.4, 0.5) is 0 Å². The molecular formula is C6H7ClN2O2. The Bertz CT molecular complexity index is 201. The quantitative estimate of drug-likeness (QED) is 0.523. The topological polar surface area (TPSA) is 53.3 Å². The number of halogens is 1. The van der Waals surface area contributed by atoms with E-state index in [0.717, 1.165) is 0 Å². The lowest BCUT2D eigenvalue weighted by molar-refractivity contribution is -0.129. The van der Waals surface area contributed by atoms with Crippen LogP contribution in [0.25, 0.3) is 0 Å². The Hall–Kier alpha value is -0.790. The van der Waals surface area contributed by atoms with Crippen LogP contribution in [0.1, 0.15) is 0 Å². The minimum atomic E-state index is -0.457. The van der Waals surface area contributed by atoms with Gasteiger partial charge in [-0.1, -0.05) is 0 Å². The van der Waals surface area contributed by atoms with Crippen molar-refractivity contribution in [3.63, 3.8) is 0 Å². The average Bonchev–Trinajstić information content (AvgIpc) is 2.50. The summed E-state index contributed by atoms with van der Waals surface area (Å²) in [6, 6.07) is 1.49. The number of carbonyl (C=O) groups excluding carboxylic acids is 1. The Morgan fingerprint density at radius 1 is 1.91 bits per heavy atom. The van der Waals surface area contributed by atoms with Gasteiger partial charge in [0.2, 0.25) is 5.91 Å². The number of amides is 1. The van der Waals surface area contributed by atoms with Crippen molar-refractivity contribution in [2.45, 2.75) is 6.04 Å². The van der Waals surface area contributed by atoms with Gasteiger partial charge in [-0.3, -0.25) is 9.69 Å². The maximum atomic E-state index is 10.9. The van der Waals surface area contributed by atoms with Gasteiger partial charge in [-0.05, 0) is 0 Å². The molecule has 0 radical (unpaired) electrons. The number of carbonyl (C=O) groups is 1. The average molecular weight is 175 g/mol. The van der Waals surface area contributed by atoms with E-state index in [1.165, 1.54) is 4.90 Å². The zero-order valence-electron chi connectivity index (χ0n) is 5.79. The van der Waals surface area contributed by atoms with E-state index in [0.29, 0.717) is 6.61 Å². The summed E-state index contributed by atoms with van der Waals surface area (Å²) in [6.45, 7) is 0.475. The van der Waals surface area contributed by atoms with Crippen LogP contribution in [0.15, 0.2) is 0 Å². The molecule has 1 rings (SSSR count). The summed E-state index contributed by atoms with van der Waals surface area (Å²) in [6.07, 6.45) is 0. The molecule has 0 aromatic carbocycles. The van der Waals surface area contributed by atoms with Gasteiger partial charge < -0.3 is 4.74 Å². The molecule has 1 atom stereocenters. The molecule has 60 valence electrons. The number of hydrogen-bond donors (Lipinski definition) is 0. The van der Waals surface area contributed by atoms with E-state index in [2.05, 4.69) is 0 Å². The molecule has 1 amide bonds. The van der Waals surface area contributed by atoms with Gasteiger partial charge in [0.15, 0.2) is 0 Å². The second-order valence-corrected chi connectivity index (χ2v) is 2.41. The molecule has 0 spiro atoms. The van der Waals surface area contributed by atoms with E-state index in [9.17, 15) is 4.79 Å². The molecular weight excluding hydrogens is 168 g/mol. The van der Waals surface area contributed by atoms with Crippen LogP contribution in [-0.2, 0) is 9.53 Å². The van der Waals surface area contributed by atoms with Gasteiger partial charge in [0.25, 0.3) is 0 Å². The maximum Gasteiger partial charge on any atom is 0.240 e. The van der Waals surface area contributed by atoms with Crippen molar-refractivity contribution in [3.05, 3.63) is 0 Å². The first-order valence-corrected chi connectivity index (χ1v) is 3.66. The second-order valence-electron chi connectivity index (χ2n) is 2.14. The van der Waals surface area contributed by atoms with Crippen LogP contribution in [-0.4, -0.2) is 36.1 Å². The molecule has 1 heterocycles. The van der Waals surface area contributed by atoms with Crippen molar-refractivity contribution < 1.29 is 9.53 Å². The molecule has 1 aliphatic rings. The number of ether oxygens (including phenoxy) is 1. The van der Waals surface area contributed by atoms with Gasteiger partial charge >= 0.3 is 0 Å². The number of nitrogens with zero attached hydrogens (tertiary/aromatic N) is 2. The Kier molecular flexibility index (Phi) is 2.69. The van der Waals surface area contributed by atoms with E-state index in [4.69, 9.17) is 21.6 Å². The molecule has 1 fully saturated rings. The summed E-state index contributed by atoms with van der Waals surface area (Å²) in [5, 5.41) is 8.51. The van der Waals surface area contributed by atoms with Crippen molar-refractivity contribution >= 4 is 17.5 Å². The van der Waals surface area contributed by atoms with Crippen LogP contribution in [0.3, 0.4) is 0 Å². The van der Waals surface area contributed by atoms with Crippen molar-refractivity contribution in [1.82, 2.24) is 4.90 Å². The van der Waals surface area contributed by atoms with E-state index < -0.39 is 6.04 Å². The Balaban J connectivity index is 2.58. The highest BCUT2D eigenvalue weighted by Crippen LogP contribution is 2.08. The third kappa shape index (κ3) is 1.62. The first-order valence-electron chi connectivity index (χ1n) is 3.12. The summed E-state index contributed by atoms with van der Waals surface area (Å²) in [5.74, 6) is -0.350. The van der Waals surface area contributed by atoms with Crippen LogP contribution >= 0.6 is 11.6 Å². The summed E-state index contributed by atoms with van der Waals surface area (Å²) in [4.78, 5) is 12.3. The van der Waals surface area contributed by atoms with Gasteiger partial charge in [-0.25, -0.2) is 0 Å². The minimum Gasteiger partial charge on any atom is -0.358 e. The van der Waals surface area contributed by atoms with Gasteiger partial charge in [-0.15, -0.1) is 11.6 Å². The molecule has 5 heteroatoms. The summed E-state index contributed by atoms with van der Waals surface area (Å²) >= 11 is 5.30. The standard InChI is InChI=1S/C6H7ClN2O2/c7-1-6(10)9-4-11-3-5(9)2-8/h5H,1,3-4H2. The molecule has 0 aromatic rings. The first kappa shape index (κ1) is 8.31. The maximum absolute atomic E-state index is 10.9. The molecule has 0 aliphatic carbocycles.